The Hall–Kier alpha value is -4.19. The Labute approximate surface area is 200 Å². The van der Waals surface area contributed by atoms with Gasteiger partial charge in [-0.2, -0.15) is 5.26 Å². The van der Waals surface area contributed by atoms with E-state index in [9.17, 15) is 10.1 Å². The molecule has 5 aromatic rings. The summed E-state index contributed by atoms with van der Waals surface area (Å²) in [5.41, 5.74) is 5.70. The van der Waals surface area contributed by atoms with Crippen molar-refractivity contribution in [1.29, 1.82) is 5.26 Å². The molecule has 3 heterocycles. The van der Waals surface area contributed by atoms with Gasteiger partial charge in [0, 0.05) is 51.9 Å². The molecular weight excluding hydrogens is 446 g/mol. The van der Waals surface area contributed by atoms with Crippen molar-refractivity contribution >= 4 is 49.7 Å². The highest BCUT2D eigenvalue weighted by molar-refractivity contribution is 7.22. The van der Waals surface area contributed by atoms with Crippen molar-refractivity contribution < 1.29 is 9.63 Å². The maximum Gasteiger partial charge on any atom is 0.277 e. The van der Waals surface area contributed by atoms with Crippen molar-refractivity contribution in [3.8, 4) is 16.5 Å². The highest BCUT2D eigenvalue weighted by Crippen LogP contribution is 2.39. The summed E-state index contributed by atoms with van der Waals surface area (Å²) in [7, 11) is 3.03. The number of hydroxylamine groups is 2. The number of pyridine rings is 1. The number of nitrogens with one attached hydrogen (secondary N) is 2. The number of thiophene rings is 1. The first-order valence-electron chi connectivity index (χ1n) is 10.6. The van der Waals surface area contributed by atoms with Gasteiger partial charge in [-0.3, -0.25) is 9.63 Å². The zero-order valence-corrected chi connectivity index (χ0v) is 19.7. The average molecular weight is 468 g/mol. The highest BCUT2D eigenvalue weighted by Gasteiger charge is 2.17. The summed E-state index contributed by atoms with van der Waals surface area (Å²) in [5.74, 6) is -0.228. The molecule has 2 aromatic carbocycles. The van der Waals surface area contributed by atoms with Gasteiger partial charge in [-0.05, 0) is 54.4 Å². The molecule has 0 bridgehead atoms. The Balaban J connectivity index is 1.59. The van der Waals surface area contributed by atoms with Crippen molar-refractivity contribution in [2.75, 3.05) is 19.5 Å². The average Bonchev–Trinajstić information content (AvgIpc) is 3.53. The lowest BCUT2D eigenvalue weighted by atomic mass is 10.1. The van der Waals surface area contributed by atoms with Crippen LogP contribution in [0, 0.1) is 18.3 Å². The summed E-state index contributed by atoms with van der Waals surface area (Å²) in [4.78, 5) is 27.1. The first-order chi connectivity index (χ1) is 16.5. The first-order valence-corrected chi connectivity index (χ1v) is 11.4. The van der Waals surface area contributed by atoms with Crippen LogP contribution >= 0.6 is 11.3 Å². The SMILES string of the molecule is CON(C)C(=O)c1cccc(-c2cc3c(Nc4ccc5[nH]ccc5c4C)c(C#N)cnc3s2)c1. The summed E-state index contributed by atoms with van der Waals surface area (Å²) in [5, 5.41) is 16.4. The van der Waals surface area contributed by atoms with E-state index in [0.717, 1.165) is 48.5 Å². The summed E-state index contributed by atoms with van der Waals surface area (Å²) >= 11 is 1.52. The lowest BCUT2D eigenvalue weighted by Gasteiger charge is -2.13. The number of benzene rings is 2. The van der Waals surface area contributed by atoms with Gasteiger partial charge < -0.3 is 10.3 Å². The molecule has 0 unspecified atom stereocenters. The number of nitrogens with zero attached hydrogens (tertiary/aromatic N) is 3. The van der Waals surface area contributed by atoms with Crippen LogP contribution in [0.4, 0.5) is 11.4 Å². The molecule has 8 heteroatoms. The molecule has 0 aliphatic carbocycles. The van der Waals surface area contributed by atoms with Gasteiger partial charge in [0.1, 0.15) is 10.9 Å². The lowest BCUT2D eigenvalue weighted by molar-refractivity contribution is -0.0756. The molecule has 0 fully saturated rings. The van der Waals surface area contributed by atoms with E-state index in [4.69, 9.17) is 4.84 Å². The van der Waals surface area contributed by atoms with Crippen molar-refractivity contribution in [2.24, 2.45) is 0 Å². The summed E-state index contributed by atoms with van der Waals surface area (Å²) < 4.78 is 0. The van der Waals surface area contributed by atoms with Gasteiger partial charge in [-0.25, -0.2) is 10.0 Å². The molecule has 0 saturated carbocycles. The molecule has 7 nitrogen and oxygen atoms in total. The number of rotatable bonds is 5. The van der Waals surface area contributed by atoms with E-state index < -0.39 is 0 Å². The molecule has 0 atom stereocenters. The number of anilines is 2. The Morgan fingerprint density at radius 1 is 1.21 bits per heavy atom. The second-order valence-electron chi connectivity index (χ2n) is 7.86. The van der Waals surface area contributed by atoms with Crippen LogP contribution in [0.2, 0.25) is 0 Å². The number of H-pyrrole nitrogens is 1. The fourth-order valence-corrected chi connectivity index (χ4v) is 4.98. The molecule has 168 valence electrons. The van der Waals surface area contributed by atoms with Gasteiger partial charge >= 0.3 is 0 Å². The Bertz CT molecular complexity index is 1590. The minimum Gasteiger partial charge on any atom is -0.361 e. The van der Waals surface area contributed by atoms with Crippen LogP contribution in [-0.4, -0.2) is 35.1 Å². The second kappa shape index (κ2) is 8.63. The van der Waals surface area contributed by atoms with E-state index >= 15 is 0 Å². The number of nitriles is 1. The predicted molar refractivity (Wildman–Crippen MR) is 135 cm³/mol. The smallest absolute Gasteiger partial charge is 0.277 e. The third kappa shape index (κ3) is 3.67. The molecule has 1 amide bonds. The van der Waals surface area contributed by atoms with Crippen LogP contribution in [0.25, 0.3) is 31.6 Å². The quantitative estimate of drug-likeness (QED) is 0.309. The number of aromatic nitrogens is 2. The molecule has 0 saturated heterocycles. The van der Waals surface area contributed by atoms with Crippen LogP contribution in [0.15, 0.2) is 60.9 Å². The van der Waals surface area contributed by atoms with E-state index in [1.165, 1.54) is 23.5 Å². The zero-order valence-electron chi connectivity index (χ0n) is 18.8. The number of aryl methyl sites for hydroxylation is 1. The number of carbonyl (C=O) groups excluding carboxylic acids is 1. The number of carbonyl (C=O) groups is 1. The van der Waals surface area contributed by atoms with Crippen molar-refractivity contribution in [1.82, 2.24) is 15.0 Å². The number of hydrogen-bond donors (Lipinski definition) is 2. The summed E-state index contributed by atoms with van der Waals surface area (Å²) in [6, 6.07) is 17.8. The fraction of sp³-hybridized carbons (Fsp3) is 0.115. The van der Waals surface area contributed by atoms with E-state index in [2.05, 4.69) is 28.3 Å². The van der Waals surface area contributed by atoms with E-state index in [1.807, 2.05) is 48.7 Å². The normalized spacial score (nSPS) is 11.0. The monoisotopic (exact) mass is 467 g/mol. The van der Waals surface area contributed by atoms with Crippen LogP contribution < -0.4 is 5.32 Å². The third-order valence-electron chi connectivity index (χ3n) is 5.90. The standard InChI is InChI=1S/C26H21N5O2S/c1-15-19-9-10-28-22(19)8-7-21(15)30-24-18(13-27)14-29-25-20(24)12-23(34-25)16-5-4-6-17(11-16)26(32)31(2)33-3/h4-12,14,28H,1-3H3,(H,29,30). The van der Waals surface area contributed by atoms with Crippen LogP contribution in [-0.2, 0) is 4.84 Å². The van der Waals surface area contributed by atoms with Crippen molar-refractivity contribution in [3.63, 3.8) is 0 Å². The molecule has 0 aliphatic rings. The molecule has 3 aromatic heterocycles. The largest absolute Gasteiger partial charge is 0.361 e. The Morgan fingerprint density at radius 3 is 2.85 bits per heavy atom. The lowest BCUT2D eigenvalue weighted by Crippen LogP contribution is -2.25. The number of aromatic amines is 1. The molecular formula is C26H21N5O2S. The van der Waals surface area contributed by atoms with Gasteiger partial charge in [0.05, 0.1) is 18.4 Å². The van der Waals surface area contributed by atoms with E-state index in [-0.39, 0.29) is 5.91 Å². The molecule has 5 rings (SSSR count). The van der Waals surface area contributed by atoms with Crippen LogP contribution in [0.5, 0.6) is 0 Å². The Kier molecular flexibility index (Phi) is 5.49. The molecule has 0 radical (unpaired) electrons. The summed E-state index contributed by atoms with van der Waals surface area (Å²) in [6.45, 7) is 2.06. The molecule has 34 heavy (non-hydrogen) atoms. The number of amides is 1. The minimum atomic E-state index is -0.228. The second-order valence-corrected chi connectivity index (χ2v) is 8.89. The van der Waals surface area contributed by atoms with Gasteiger partial charge in [-0.1, -0.05) is 12.1 Å². The van der Waals surface area contributed by atoms with Crippen LogP contribution in [0.1, 0.15) is 21.5 Å². The Morgan fingerprint density at radius 2 is 2.06 bits per heavy atom. The minimum absolute atomic E-state index is 0.228. The van der Waals surface area contributed by atoms with Gasteiger partial charge in [0.25, 0.3) is 5.91 Å². The maximum atomic E-state index is 12.5. The third-order valence-corrected chi connectivity index (χ3v) is 6.99. The summed E-state index contributed by atoms with van der Waals surface area (Å²) in [6.07, 6.45) is 3.52. The zero-order chi connectivity index (χ0) is 23.8. The highest BCUT2D eigenvalue weighted by atomic mass is 32.1. The van der Waals surface area contributed by atoms with Crippen molar-refractivity contribution in [2.45, 2.75) is 6.92 Å². The molecule has 0 spiro atoms. The number of fused-ring (bicyclic) bond motifs is 2. The molecule has 0 aliphatic heterocycles. The van der Waals surface area contributed by atoms with Gasteiger partial charge in [0.2, 0.25) is 0 Å². The topological polar surface area (TPSA) is 94.0 Å². The fourth-order valence-electron chi connectivity index (χ4n) is 3.98. The maximum absolute atomic E-state index is 12.5. The van der Waals surface area contributed by atoms with Crippen molar-refractivity contribution in [3.05, 3.63) is 77.6 Å². The first kappa shape index (κ1) is 21.6. The van der Waals surface area contributed by atoms with Gasteiger partial charge in [-0.15, -0.1) is 11.3 Å². The van der Waals surface area contributed by atoms with Crippen LogP contribution in [0.3, 0.4) is 0 Å². The number of hydrogen-bond acceptors (Lipinski definition) is 6. The van der Waals surface area contributed by atoms with Gasteiger partial charge in [0.15, 0.2) is 0 Å². The van der Waals surface area contributed by atoms with E-state index in [0.29, 0.717) is 11.1 Å². The van der Waals surface area contributed by atoms with E-state index in [1.54, 1.807) is 19.3 Å². The predicted octanol–water partition coefficient (Wildman–Crippen LogP) is 6.00. The molecule has 2 N–H and O–H groups in total.